The number of carbonyl (C=O) groups is 1. The fraction of sp³-hybridized carbons (Fsp3) is 0.364. The van der Waals surface area contributed by atoms with E-state index in [1.807, 2.05) is 49.4 Å². The van der Waals surface area contributed by atoms with Crippen LogP contribution in [0.3, 0.4) is 0 Å². The summed E-state index contributed by atoms with van der Waals surface area (Å²) in [5.41, 5.74) is 2.87. The number of fused-ring (bicyclic) bond motifs is 1. The first-order chi connectivity index (χ1) is 14.1. The Hall–Kier alpha value is -2.49. The Morgan fingerprint density at radius 1 is 1.07 bits per heavy atom. The van der Waals surface area contributed by atoms with Crippen molar-refractivity contribution in [1.29, 1.82) is 0 Å². The third kappa shape index (κ3) is 6.51. The molecule has 2 aromatic rings. The monoisotopic (exact) mass is 524 g/mol. The van der Waals surface area contributed by atoms with E-state index in [0.29, 0.717) is 18.7 Å². The summed E-state index contributed by atoms with van der Waals surface area (Å²) in [5, 5.41) is 6.61. The van der Waals surface area contributed by atoms with Gasteiger partial charge in [0.15, 0.2) is 17.5 Å². The number of hydrogen-bond donors (Lipinski definition) is 2. The highest BCUT2D eigenvalue weighted by Gasteiger charge is 2.13. The van der Waals surface area contributed by atoms with Crippen LogP contribution in [0.5, 0.6) is 11.5 Å². The van der Waals surface area contributed by atoms with Gasteiger partial charge in [-0.3, -0.25) is 4.79 Å². The maximum absolute atomic E-state index is 12.1. The Labute approximate surface area is 194 Å². The van der Waals surface area contributed by atoms with E-state index < -0.39 is 0 Å². The minimum absolute atomic E-state index is 0. The molecule has 0 fully saturated rings. The van der Waals surface area contributed by atoms with Gasteiger partial charge in [0.2, 0.25) is 6.79 Å². The number of carbonyl (C=O) groups excluding carboxylic acids is 1. The smallest absolute Gasteiger partial charge is 0.253 e. The van der Waals surface area contributed by atoms with Crippen molar-refractivity contribution >= 4 is 35.8 Å². The standard InChI is InChI=1S/C22H28N4O3.HI/c1-4-23-22(25-14-17-8-9-19-20(13-17)29-15-28-19)24-11-10-16-6-5-7-18(12-16)21(27)26(2)3;/h5-9,12-13H,4,10-11,14-15H2,1-3H3,(H2,23,24,25);1H. The van der Waals surface area contributed by atoms with Crippen molar-refractivity contribution in [2.75, 3.05) is 34.0 Å². The summed E-state index contributed by atoms with van der Waals surface area (Å²) in [6.45, 7) is 4.34. The van der Waals surface area contributed by atoms with Crippen LogP contribution >= 0.6 is 24.0 Å². The highest BCUT2D eigenvalue weighted by atomic mass is 127. The highest BCUT2D eigenvalue weighted by Crippen LogP contribution is 2.32. The third-order valence-corrected chi connectivity index (χ3v) is 4.49. The molecule has 0 unspecified atom stereocenters. The molecule has 0 aromatic heterocycles. The second kappa shape index (κ2) is 11.6. The molecule has 2 aromatic carbocycles. The number of hydrogen-bond acceptors (Lipinski definition) is 4. The number of benzene rings is 2. The van der Waals surface area contributed by atoms with E-state index in [1.54, 1.807) is 19.0 Å². The Bertz CT molecular complexity index is 886. The van der Waals surface area contributed by atoms with E-state index in [1.165, 1.54) is 0 Å². The van der Waals surface area contributed by atoms with Crippen molar-refractivity contribution in [1.82, 2.24) is 15.5 Å². The van der Waals surface area contributed by atoms with E-state index in [4.69, 9.17) is 9.47 Å². The topological polar surface area (TPSA) is 75.2 Å². The van der Waals surface area contributed by atoms with Crippen LogP contribution in [-0.2, 0) is 13.0 Å². The van der Waals surface area contributed by atoms with Crippen LogP contribution in [0.15, 0.2) is 47.5 Å². The van der Waals surface area contributed by atoms with Crippen LogP contribution in [0.4, 0.5) is 0 Å². The summed E-state index contributed by atoms with van der Waals surface area (Å²) < 4.78 is 10.8. The minimum atomic E-state index is 0. The molecule has 0 bridgehead atoms. The van der Waals surface area contributed by atoms with Crippen molar-refractivity contribution in [3.8, 4) is 11.5 Å². The van der Waals surface area contributed by atoms with Crippen LogP contribution in [0.2, 0.25) is 0 Å². The highest BCUT2D eigenvalue weighted by molar-refractivity contribution is 14.0. The Morgan fingerprint density at radius 3 is 2.63 bits per heavy atom. The van der Waals surface area contributed by atoms with Gasteiger partial charge in [-0.1, -0.05) is 18.2 Å². The fourth-order valence-corrected chi connectivity index (χ4v) is 2.99. The normalized spacial score (nSPS) is 12.2. The van der Waals surface area contributed by atoms with Crippen molar-refractivity contribution in [3.63, 3.8) is 0 Å². The molecule has 30 heavy (non-hydrogen) atoms. The summed E-state index contributed by atoms with van der Waals surface area (Å²) in [6, 6.07) is 13.6. The number of guanidine groups is 1. The summed E-state index contributed by atoms with van der Waals surface area (Å²) >= 11 is 0. The molecule has 0 radical (unpaired) electrons. The Morgan fingerprint density at radius 2 is 1.87 bits per heavy atom. The predicted molar refractivity (Wildman–Crippen MR) is 129 cm³/mol. The number of rotatable bonds is 7. The van der Waals surface area contributed by atoms with Crippen LogP contribution in [0.1, 0.15) is 28.4 Å². The first-order valence-electron chi connectivity index (χ1n) is 9.78. The van der Waals surface area contributed by atoms with Crippen molar-refractivity contribution in [2.24, 2.45) is 4.99 Å². The molecule has 0 atom stereocenters. The summed E-state index contributed by atoms with van der Waals surface area (Å²) in [6.07, 6.45) is 0.795. The molecule has 1 aliphatic heterocycles. The van der Waals surface area contributed by atoms with Crippen LogP contribution in [0.25, 0.3) is 0 Å². The molecule has 7 nitrogen and oxygen atoms in total. The van der Waals surface area contributed by atoms with Crippen LogP contribution in [0, 0.1) is 0 Å². The molecular formula is C22H29IN4O3. The van der Waals surface area contributed by atoms with Gasteiger partial charge in [0.25, 0.3) is 5.91 Å². The van der Waals surface area contributed by atoms with E-state index >= 15 is 0 Å². The number of amides is 1. The zero-order chi connectivity index (χ0) is 20.6. The van der Waals surface area contributed by atoms with Gasteiger partial charge in [0.1, 0.15) is 0 Å². The lowest BCUT2D eigenvalue weighted by Crippen LogP contribution is -2.38. The fourth-order valence-electron chi connectivity index (χ4n) is 2.99. The number of nitrogens with zero attached hydrogens (tertiary/aromatic N) is 2. The van der Waals surface area contributed by atoms with Gasteiger partial charge in [-0.05, 0) is 48.7 Å². The molecule has 0 saturated heterocycles. The first-order valence-corrected chi connectivity index (χ1v) is 9.78. The number of nitrogens with one attached hydrogen (secondary N) is 2. The summed E-state index contributed by atoms with van der Waals surface area (Å²) in [7, 11) is 3.52. The lowest BCUT2D eigenvalue weighted by atomic mass is 10.1. The summed E-state index contributed by atoms with van der Waals surface area (Å²) in [4.78, 5) is 18.4. The third-order valence-electron chi connectivity index (χ3n) is 4.49. The van der Waals surface area contributed by atoms with E-state index in [-0.39, 0.29) is 36.7 Å². The Balaban J connectivity index is 0.00000320. The summed E-state index contributed by atoms with van der Waals surface area (Å²) in [5.74, 6) is 2.31. The predicted octanol–water partition coefficient (Wildman–Crippen LogP) is 3.03. The van der Waals surface area contributed by atoms with E-state index in [9.17, 15) is 4.79 Å². The maximum Gasteiger partial charge on any atom is 0.253 e. The van der Waals surface area contributed by atoms with E-state index in [2.05, 4.69) is 15.6 Å². The van der Waals surface area contributed by atoms with E-state index in [0.717, 1.165) is 41.6 Å². The SMILES string of the molecule is CCNC(=NCc1ccc2c(c1)OCO2)NCCc1cccc(C(=O)N(C)C)c1.I. The first kappa shape index (κ1) is 23.8. The molecule has 1 aliphatic rings. The number of aliphatic imine (C=N–C) groups is 1. The lowest BCUT2D eigenvalue weighted by Gasteiger charge is -2.13. The van der Waals surface area contributed by atoms with Gasteiger partial charge >= 0.3 is 0 Å². The molecule has 8 heteroatoms. The average Bonchev–Trinajstić information content (AvgIpc) is 3.19. The molecule has 1 heterocycles. The molecule has 3 rings (SSSR count). The van der Waals surface area contributed by atoms with Gasteiger partial charge < -0.3 is 25.0 Å². The molecular weight excluding hydrogens is 495 g/mol. The molecule has 0 saturated carbocycles. The molecule has 162 valence electrons. The van der Waals surface area contributed by atoms with Crippen molar-refractivity contribution in [3.05, 3.63) is 59.2 Å². The van der Waals surface area contributed by atoms with Crippen LogP contribution < -0.4 is 20.1 Å². The largest absolute Gasteiger partial charge is 0.454 e. The van der Waals surface area contributed by atoms with Gasteiger partial charge in [-0.15, -0.1) is 24.0 Å². The number of halogens is 1. The zero-order valence-electron chi connectivity index (χ0n) is 17.6. The second-order valence-electron chi connectivity index (χ2n) is 6.96. The number of ether oxygens (including phenoxy) is 2. The van der Waals surface area contributed by atoms with Crippen molar-refractivity contribution in [2.45, 2.75) is 19.9 Å². The van der Waals surface area contributed by atoms with Crippen molar-refractivity contribution < 1.29 is 14.3 Å². The molecule has 2 N–H and O–H groups in total. The minimum Gasteiger partial charge on any atom is -0.454 e. The molecule has 0 aliphatic carbocycles. The van der Waals surface area contributed by atoms with Gasteiger partial charge in [0, 0.05) is 32.7 Å². The lowest BCUT2D eigenvalue weighted by molar-refractivity contribution is 0.0827. The Kier molecular flexibility index (Phi) is 9.22. The van der Waals surface area contributed by atoms with Gasteiger partial charge in [-0.25, -0.2) is 4.99 Å². The quantitative estimate of drug-likeness (QED) is 0.331. The zero-order valence-corrected chi connectivity index (χ0v) is 19.9. The molecule has 0 spiro atoms. The second-order valence-corrected chi connectivity index (χ2v) is 6.96. The molecule has 1 amide bonds. The van der Waals surface area contributed by atoms with Gasteiger partial charge in [-0.2, -0.15) is 0 Å². The maximum atomic E-state index is 12.1. The average molecular weight is 524 g/mol. The van der Waals surface area contributed by atoms with Gasteiger partial charge in [0.05, 0.1) is 6.54 Å². The van der Waals surface area contributed by atoms with Crippen LogP contribution in [-0.4, -0.2) is 50.7 Å².